The van der Waals surface area contributed by atoms with Crippen molar-refractivity contribution in [2.75, 3.05) is 19.6 Å². The van der Waals surface area contributed by atoms with Crippen LogP contribution in [0.15, 0.2) is 18.2 Å². The van der Waals surface area contributed by atoms with Crippen LogP contribution in [0.25, 0.3) is 0 Å². The van der Waals surface area contributed by atoms with E-state index in [2.05, 4.69) is 17.1 Å². The second kappa shape index (κ2) is 6.61. The highest BCUT2D eigenvalue weighted by Gasteiger charge is 2.19. The third-order valence-electron chi connectivity index (χ3n) is 3.83. The Balaban J connectivity index is 1.89. The number of phenolic OH excluding ortho intramolecular Hbond substituents is 2. The summed E-state index contributed by atoms with van der Waals surface area (Å²) in [5.74, 6) is -1.00. The van der Waals surface area contributed by atoms with E-state index in [0.29, 0.717) is 6.54 Å². The molecular weight excluding hydrogens is 256 g/mol. The van der Waals surface area contributed by atoms with E-state index in [-0.39, 0.29) is 29.0 Å². The molecule has 3 N–H and O–H groups in total. The molecule has 0 saturated carbocycles. The number of aromatic hydroxyl groups is 2. The lowest BCUT2D eigenvalue weighted by atomic mass is 10.1. The molecule has 0 bridgehead atoms. The molecule has 5 heteroatoms. The van der Waals surface area contributed by atoms with Crippen LogP contribution in [0.2, 0.25) is 0 Å². The Morgan fingerprint density at radius 3 is 2.70 bits per heavy atom. The molecule has 110 valence electrons. The van der Waals surface area contributed by atoms with Gasteiger partial charge in [0, 0.05) is 12.6 Å². The molecule has 1 aromatic rings. The van der Waals surface area contributed by atoms with Gasteiger partial charge < -0.3 is 15.5 Å². The maximum absolute atomic E-state index is 12.0. The van der Waals surface area contributed by atoms with Gasteiger partial charge in [-0.05, 0) is 45.0 Å². The summed E-state index contributed by atoms with van der Waals surface area (Å²) in [7, 11) is 0. The van der Waals surface area contributed by atoms with Crippen LogP contribution in [0, 0.1) is 0 Å². The SMILES string of the molecule is CC(CNC(=O)c1cccc(O)c1O)N1CCCCC1. The van der Waals surface area contributed by atoms with Crippen molar-refractivity contribution < 1.29 is 15.0 Å². The standard InChI is InChI=1S/C15H22N2O3/c1-11(17-8-3-2-4-9-17)10-16-15(20)12-6-5-7-13(18)14(12)19/h5-7,11,18-19H,2-4,8-10H2,1H3,(H,16,20). The van der Waals surface area contributed by atoms with Gasteiger partial charge in [0.1, 0.15) is 0 Å². The van der Waals surface area contributed by atoms with E-state index < -0.39 is 0 Å². The van der Waals surface area contributed by atoms with Gasteiger partial charge in [0.05, 0.1) is 5.56 Å². The molecular formula is C15H22N2O3. The summed E-state index contributed by atoms with van der Waals surface area (Å²) < 4.78 is 0. The van der Waals surface area contributed by atoms with Crippen LogP contribution in [0.1, 0.15) is 36.5 Å². The first-order chi connectivity index (χ1) is 9.59. The maximum Gasteiger partial charge on any atom is 0.255 e. The van der Waals surface area contributed by atoms with Crippen LogP contribution < -0.4 is 5.32 Å². The molecule has 1 aromatic carbocycles. The lowest BCUT2D eigenvalue weighted by Gasteiger charge is -2.32. The number of hydrogen-bond donors (Lipinski definition) is 3. The van der Waals surface area contributed by atoms with Crippen molar-refractivity contribution in [2.45, 2.75) is 32.2 Å². The van der Waals surface area contributed by atoms with Crippen molar-refractivity contribution in [1.82, 2.24) is 10.2 Å². The van der Waals surface area contributed by atoms with E-state index >= 15 is 0 Å². The molecule has 2 rings (SSSR count). The molecule has 0 spiro atoms. The summed E-state index contributed by atoms with van der Waals surface area (Å²) >= 11 is 0. The lowest BCUT2D eigenvalue weighted by Crippen LogP contribution is -2.44. The fourth-order valence-corrected chi connectivity index (χ4v) is 2.54. The van der Waals surface area contributed by atoms with E-state index in [4.69, 9.17) is 0 Å². The van der Waals surface area contributed by atoms with Gasteiger partial charge in [-0.25, -0.2) is 0 Å². The Morgan fingerprint density at radius 1 is 1.30 bits per heavy atom. The van der Waals surface area contributed by atoms with Crippen LogP contribution in [-0.4, -0.2) is 46.7 Å². The fraction of sp³-hybridized carbons (Fsp3) is 0.533. The molecule has 5 nitrogen and oxygen atoms in total. The van der Waals surface area contributed by atoms with Gasteiger partial charge in [-0.1, -0.05) is 12.5 Å². The number of hydrogen-bond acceptors (Lipinski definition) is 4. The second-order valence-electron chi connectivity index (χ2n) is 5.33. The Kier molecular flexibility index (Phi) is 4.84. The van der Waals surface area contributed by atoms with Crippen molar-refractivity contribution in [3.8, 4) is 11.5 Å². The van der Waals surface area contributed by atoms with E-state index in [9.17, 15) is 15.0 Å². The van der Waals surface area contributed by atoms with Crippen LogP contribution in [0.3, 0.4) is 0 Å². The summed E-state index contributed by atoms with van der Waals surface area (Å²) in [6.45, 7) is 4.78. The first-order valence-electron chi connectivity index (χ1n) is 7.13. The van der Waals surface area contributed by atoms with E-state index in [1.54, 1.807) is 0 Å². The van der Waals surface area contributed by atoms with Crippen LogP contribution in [0.4, 0.5) is 0 Å². The molecule has 1 amide bonds. The minimum Gasteiger partial charge on any atom is -0.504 e. The molecule has 1 heterocycles. The Labute approximate surface area is 119 Å². The zero-order valence-electron chi connectivity index (χ0n) is 11.8. The largest absolute Gasteiger partial charge is 0.504 e. The van der Waals surface area contributed by atoms with Gasteiger partial charge in [0.15, 0.2) is 11.5 Å². The first-order valence-corrected chi connectivity index (χ1v) is 7.13. The Bertz CT molecular complexity index is 470. The molecule has 1 atom stereocenters. The van der Waals surface area contributed by atoms with Gasteiger partial charge in [-0.3, -0.25) is 9.69 Å². The fourth-order valence-electron chi connectivity index (χ4n) is 2.54. The van der Waals surface area contributed by atoms with Gasteiger partial charge in [-0.2, -0.15) is 0 Å². The summed E-state index contributed by atoms with van der Waals surface area (Å²) in [5.41, 5.74) is 0.107. The smallest absolute Gasteiger partial charge is 0.255 e. The number of phenols is 2. The van der Waals surface area contributed by atoms with Gasteiger partial charge >= 0.3 is 0 Å². The monoisotopic (exact) mass is 278 g/mol. The van der Waals surface area contributed by atoms with Gasteiger partial charge in [0.2, 0.25) is 0 Å². The number of likely N-dealkylation sites (tertiary alicyclic amines) is 1. The number of nitrogens with one attached hydrogen (secondary N) is 1. The van der Waals surface area contributed by atoms with Crippen molar-refractivity contribution in [2.24, 2.45) is 0 Å². The molecule has 20 heavy (non-hydrogen) atoms. The molecule has 1 aliphatic rings. The molecule has 1 unspecified atom stereocenters. The minimum atomic E-state index is -0.365. The Morgan fingerprint density at radius 2 is 2.00 bits per heavy atom. The average molecular weight is 278 g/mol. The highest BCUT2D eigenvalue weighted by atomic mass is 16.3. The molecule has 1 aliphatic heterocycles. The normalized spacial score (nSPS) is 17.6. The maximum atomic E-state index is 12.0. The highest BCUT2D eigenvalue weighted by molar-refractivity contribution is 5.97. The summed E-state index contributed by atoms with van der Waals surface area (Å²) in [5, 5.41) is 21.9. The predicted octanol–water partition coefficient (Wildman–Crippen LogP) is 1.70. The molecule has 0 aromatic heterocycles. The lowest BCUT2D eigenvalue weighted by molar-refractivity contribution is 0.0926. The number of para-hydroxylation sites is 1. The minimum absolute atomic E-state index is 0.107. The van der Waals surface area contributed by atoms with Crippen LogP contribution in [-0.2, 0) is 0 Å². The predicted molar refractivity (Wildman–Crippen MR) is 77.0 cm³/mol. The van der Waals surface area contributed by atoms with E-state index in [1.807, 2.05) is 0 Å². The Hall–Kier alpha value is -1.75. The molecule has 1 fully saturated rings. The van der Waals surface area contributed by atoms with Crippen LogP contribution in [0.5, 0.6) is 11.5 Å². The van der Waals surface area contributed by atoms with Gasteiger partial charge in [-0.15, -0.1) is 0 Å². The number of nitrogens with zero attached hydrogens (tertiary/aromatic N) is 1. The first kappa shape index (κ1) is 14.7. The van der Waals surface area contributed by atoms with Gasteiger partial charge in [0.25, 0.3) is 5.91 Å². The van der Waals surface area contributed by atoms with Crippen LogP contribution >= 0.6 is 0 Å². The number of carbonyl (C=O) groups is 1. The summed E-state index contributed by atoms with van der Waals surface area (Å²) in [6.07, 6.45) is 3.71. The average Bonchev–Trinajstić information content (AvgIpc) is 2.48. The van der Waals surface area contributed by atoms with E-state index in [0.717, 1.165) is 13.1 Å². The third-order valence-corrected chi connectivity index (χ3v) is 3.83. The number of amides is 1. The topological polar surface area (TPSA) is 72.8 Å². The number of piperidine rings is 1. The highest BCUT2D eigenvalue weighted by Crippen LogP contribution is 2.27. The summed E-state index contributed by atoms with van der Waals surface area (Å²) in [4.78, 5) is 14.4. The third kappa shape index (κ3) is 3.42. The number of benzene rings is 1. The number of carbonyl (C=O) groups excluding carboxylic acids is 1. The zero-order chi connectivity index (χ0) is 14.5. The molecule has 0 aliphatic carbocycles. The van der Waals surface area contributed by atoms with Crippen molar-refractivity contribution in [3.63, 3.8) is 0 Å². The molecule has 1 saturated heterocycles. The second-order valence-corrected chi connectivity index (χ2v) is 5.33. The molecule has 0 radical (unpaired) electrons. The van der Waals surface area contributed by atoms with E-state index in [1.165, 1.54) is 37.5 Å². The zero-order valence-corrected chi connectivity index (χ0v) is 11.8. The van der Waals surface area contributed by atoms with Crippen molar-refractivity contribution >= 4 is 5.91 Å². The summed E-state index contributed by atoms with van der Waals surface area (Å²) in [6, 6.07) is 4.66. The number of rotatable bonds is 4. The van der Waals surface area contributed by atoms with Crippen molar-refractivity contribution in [3.05, 3.63) is 23.8 Å². The quantitative estimate of drug-likeness (QED) is 0.733. The van der Waals surface area contributed by atoms with Crippen molar-refractivity contribution in [1.29, 1.82) is 0 Å².